The molecule has 1 saturated heterocycles. The molecule has 5 nitrogen and oxygen atoms in total. The summed E-state index contributed by atoms with van der Waals surface area (Å²) in [5.41, 5.74) is 7.87. The van der Waals surface area contributed by atoms with E-state index in [1.807, 2.05) is 37.3 Å². The maximum Gasteiger partial charge on any atom is 0.243 e. The third kappa shape index (κ3) is 3.42. The number of nitrogens with two attached hydrogens (primary N) is 1. The summed E-state index contributed by atoms with van der Waals surface area (Å²) in [5.74, 6) is 0.930. The summed E-state index contributed by atoms with van der Waals surface area (Å²) in [6.45, 7) is 3.22. The highest BCUT2D eigenvalue weighted by molar-refractivity contribution is 7.89. The summed E-state index contributed by atoms with van der Waals surface area (Å²) in [6.07, 6.45) is 0. The molecule has 25 heavy (non-hydrogen) atoms. The summed E-state index contributed by atoms with van der Waals surface area (Å²) in [5, 5.41) is 0. The van der Waals surface area contributed by atoms with Crippen molar-refractivity contribution in [3.05, 3.63) is 59.7 Å². The van der Waals surface area contributed by atoms with Crippen LogP contribution in [0.15, 0.2) is 53.4 Å². The third-order valence-corrected chi connectivity index (χ3v) is 6.77. The lowest BCUT2D eigenvalue weighted by atomic mass is 9.89. The van der Waals surface area contributed by atoms with Gasteiger partial charge in [-0.3, -0.25) is 0 Å². The van der Waals surface area contributed by atoms with Crippen LogP contribution in [0.25, 0.3) is 0 Å². The summed E-state index contributed by atoms with van der Waals surface area (Å²) in [7, 11) is -1.97. The minimum absolute atomic E-state index is 0.122. The zero-order chi connectivity index (χ0) is 18.0. The Balaban J connectivity index is 1.89. The number of sulfonamides is 1. The molecule has 2 aromatic carbocycles. The molecule has 1 aliphatic rings. The summed E-state index contributed by atoms with van der Waals surface area (Å²) in [4.78, 5) is 0.301. The second-order valence-electron chi connectivity index (χ2n) is 6.47. The fourth-order valence-corrected chi connectivity index (χ4v) is 5.11. The molecule has 1 aliphatic heterocycles. The van der Waals surface area contributed by atoms with Crippen LogP contribution in [0.1, 0.15) is 17.0 Å². The topological polar surface area (TPSA) is 72.6 Å². The molecule has 2 aromatic rings. The zero-order valence-electron chi connectivity index (χ0n) is 14.6. The Morgan fingerprint density at radius 3 is 2.48 bits per heavy atom. The van der Waals surface area contributed by atoms with Crippen molar-refractivity contribution >= 4 is 10.0 Å². The molecule has 2 N–H and O–H groups in total. The maximum absolute atomic E-state index is 13.1. The number of ether oxygens (including phenoxy) is 1. The van der Waals surface area contributed by atoms with Crippen molar-refractivity contribution in [2.75, 3.05) is 26.7 Å². The van der Waals surface area contributed by atoms with Crippen molar-refractivity contribution in [3.8, 4) is 5.75 Å². The smallest absolute Gasteiger partial charge is 0.243 e. The molecule has 0 spiro atoms. The number of rotatable bonds is 5. The SMILES string of the molecule is COc1ccc(S(=O)(=O)N2C[C@@H](CN)[C@H](c3ccccc3)C2)cc1C. The minimum Gasteiger partial charge on any atom is -0.496 e. The van der Waals surface area contributed by atoms with Crippen molar-refractivity contribution in [1.29, 1.82) is 0 Å². The molecule has 1 heterocycles. The highest BCUT2D eigenvalue weighted by Crippen LogP contribution is 2.35. The first-order chi connectivity index (χ1) is 12.0. The third-order valence-electron chi connectivity index (χ3n) is 4.94. The summed E-state index contributed by atoms with van der Waals surface area (Å²) < 4.78 is 32.9. The Kier molecular flexibility index (Phi) is 5.13. The van der Waals surface area contributed by atoms with E-state index in [4.69, 9.17) is 10.5 Å². The molecule has 6 heteroatoms. The first kappa shape index (κ1) is 17.9. The minimum atomic E-state index is -3.55. The van der Waals surface area contributed by atoms with Gasteiger partial charge in [0.15, 0.2) is 0 Å². The Hall–Kier alpha value is -1.89. The predicted octanol–water partition coefficient (Wildman–Crippen LogP) is 2.37. The molecule has 0 unspecified atom stereocenters. The molecule has 0 radical (unpaired) electrons. The van der Waals surface area contributed by atoms with Crippen LogP contribution in [0.4, 0.5) is 0 Å². The summed E-state index contributed by atoms with van der Waals surface area (Å²) >= 11 is 0. The Labute approximate surface area is 149 Å². The van der Waals surface area contributed by atoms with Crippen LogP contribution in [0.5, 0.6) is 5.75 Å². The van der Waals surface area contributed by atoms with Gasteiger partial charge < -0.3 is 10.5 Å². The van der Waals surface area contributed by atoms with Crippen LogP contribution in [-0.4, -0.2) is 39.5 Å². The van der Waals surface area contributed by atoms with Gasteiger partial charge in [-0.15, -0.1) is 0 Å². The van der Waals surface area contributed by atoms with Gasteiger partial charge in [0.1, 0.15) is 5.75 Å². The fourth-order valence-electron chi connectivity index (χ4n) is 3.51. The molecule has 1 fully saturated rings. The van der Waals surface area contributed by atoms with Crippen LogP contribution in [-0.2, 0) is 10.0 Å². The van der Waals surface area contributed by atoms with E-state index in [2.05, 4.69) is 0 Å². The molecule has 0 amide bonds. The van der Waals surface area contributed by atoms with Crippen molar-refractivity contribution in [1.82, 2.24) is 4.31 Å². The highest BCUT2D eigenvalue weighted by atomic mass is 32.2. The Morgan fingerprint density at radius 1 is 1.16 bits per heavy atom. The second kappa shape index (κ2) is 7.15. The van der Waals surface area contributed by atoms with Crippen LogP contribution in [0.3, 0.4) is 0 Å². The maximum atomic E-state index is 13.1. The van der Waals surface area contributed by atoms with E-state index in [9.17, 15) is 8.42 Å². The average Bonchev–Trinajstić information content (AvgIpc) is 3.07. The van der Waals surface area contributed by atoms with Gasteiger partial charge >= 0.3 is 0 Å². The van der Waals surface area contributed by atoms with E-state index in [1.54, 1.807) is 29.6 Å². The molecular formula is C19H24N2O3S. The van der Waals surface area contributed by atoms with Gasteiger partial charge in [0.2, 0.25) is 10.0 Å². The van der Waals surface area contributed by atoms with Gasteiger partial charge in [0.05, 0.1) is 12.0 Å². The predicted molar refractivity (Wildman–Crippen MR) is 98.2 cm³/mol. The van der Waals surface area contributed by atoms with Crippen LogP contribution < -0.4 is 10.5 Å². The van der Waals surface area contributed by atoms with E-state index >= 15 is 0 Å². The molecule has 0 aliphatic carbocycles. The number of hydrogen-bond acceptors (Lipinski definition) is 4. The van der Waals surface area contributed by atoms with E-state index in [0.29, 0.717) is 30.3 Å². The normalized spacial score (nSPS) is 21.4. The van der Waals surface area contributed by atoms with E-state index in [0.717, 1.165) is 11.1 Å². The van der Waals surface area contributed by atoms with Gasteiger partial charge in [-0.2, -0.15) is 4.31 Å². The van der Waals surface area contributed by atoms with Crippen LogP contribution in [0, 0.1) is 12.8 Å². The Morgan fingerprint density at radius 2 is 1.88 bits per heavy atom. The number of nitrogens with zero attached hydrogens (tertiary/aromatic N) is 1. The average molecular weight is 360 g/mol. The van der Waals surface area contributed by atoms with Crippen molar-refractivity contribution in [3.63, 3.8) is 0 Å². The molecule has 2 atom stereocenters. The zero-order valence-corrected chi connectivity index (χ0v) is 15.4. The van der Waals surface area contributed by atoms with Crippen LogP contribution in [0.2, 0.25) is 0 Å². The van der Waals surface area contributed by atoms with Crippen molar-refractivity contribution < 1.29 is 13.2 Å². The largest absolute Gasteiger partial charge is 0.496 e. The van der Waals surface area contributed by atoms with Crippen LogP contribution >= 0.6 is 0 Å². The number of hydrogen-bond donors (Lipinski definition) is 1. The Bertz CT molecular complexity index is 837. The van der Waals surface area contributed by atoms with E-state index in [1.165, 1.54) is 0 Å². The quantitative estimate of drug-likeness (QED) is 0.888. The fraction of sp³-hybridized carbons (Fsp3) is 0.368. The molecular weight excluding hydrogens is 336 g/mol. The van der Waals surface area contributed by atoms with Gasteiger partial charge in [0.25, 0.3) is 0 Å². The van der Waals surface area contributed by atoms with Gasteiger partial charge in [-0.05, 0) is 48.7 Å². The van der Waals surface area contributed by atoms with E-state index < -0.39 is 10.0 Å². The lowest BCUT2D eigenvalue weighted by Crippen LogP contribution is -2.30. The van der Waals surface area contributed by atoms with Crippen molar-refractivity contribution in [2.45, 2.75) is 17.7 Å². The number of methoxy groups -OCH3 is 1. The first-order valence-electron chi connectivity index (χ1n) is 8.37. The van der Waals surface area contributed by atoms with Gasteiger partial charge in [-0.25, -0.2) is 8.42 Å². The second-order valence-corrected chi connectivity index (χ2v) is 8.40. The lowest BCUT2D eigenvalue weighted by Gasteiger charge is -2.17. The molecule has 134 valence electrons. The standard InChI is InChI=1S/C19H24N2O3S/c1-14-10-17(8-9-19(14)24-2)25(22,23)21-12-16(11-20)18(13-21)15-6-4-3-5-7-15/h3-10,16,18H,11-13,20H2,1-2H3/t16-,18+/m1/s1. The molecule has 0 bridgehead atoms. The molecule has 0 saturated carbocycles. The molecule has 0 aromatic heterocycles. The van der Waals surface area contributed by atoms with E-state index in [-0.39, 0.29) is 11.8 Å². The van der Waals surface area contributed by atoms with Gasteiger partial charge in [0, 0.05) is 19.0 Å². The number of aryl methyl sites for hydroxylation is 1. The number of benzene rings is 2. The molecule has 3 rings (SSSR count). The first-order valence-corrected chi connectivity index (χ1v) is 9.81. The summed E-state index contributed by atoms with van der Waals surface area (Å²) in [6, 6.07) is 15.0. The monoisotopic (exact) mass is 360 g/mol. The van der Waals surface area contributed by atoms with Gasteiger partial charge in [-0.1, -0.05) is 30.3 Å². The lowest BCUT2D eigenvalue weighted by molar-refractivity contribution is 0.411. The highest BCUT2D eigenvalue weighted by Gasteiger charge is 2.39. The van der Waals surface area contributed by atoms with Crippen molar-refractivity contribution in [2.24, 2.45) is 11.7 Å².